The predicted octanol–water partition coefficient (Wildman–Crippen LogP) is 5.73. The van der Waals surface area contributed by atoms with E-state index in [0.717, 1.165) is 12.2 Å². The van der Waals surface area contributed by atoms with Gasteiger partial charge in [-0.3, -0.25) is 0 Å². The second-order valence-corrected chi connectivity index (χ2v) is 5.72. The summed E-state index contributed by atoms with van der Waals surface area (Å²) in [6.45, 7) is 5.14. The van der Waals surface area contributed by atoms with E-state index in [2.05, 4.69) is 43.4 Å². The Morgan fingerprint density at radius 2 is 1.68 bits per heavy atom. The topological polar surface area (TPSA) is 12.0 Å². The molecule has 0 aliphatic carbocycles. The van der Waals surface area contributed by atoms with Gasteiger partial charge in [-0.2, -0.15) is 0 Å². The lowest BCUT2D eigenvalue weighted by atomic mass is 10.0. The van der Waals surface area contributed by atoms with Crippen LogP contribution >= 0.6 is 23.2 Å². The van der Waals surface area contributed by atoms with Gasteiger partial charge in [-0.1, -0.05) is 61.3 Å². The van der Waals surface area contributed by atoms with Crippen molar-refractivity contribution in [3.63, 3.8) is 0 Å². The molecule has 1 N–H and O–H groups in total. The molecular formula is C16H17Cl2N. The van der Waals surface area contributed by atoms with Crippen molar-refractivity contribution in [1.29, 1.82) is 0 Å². The molecule has 0 fully saturated rings. The lowest BCUT2D eigenvalue weighted by Crippen LogP contribution is -2.00. The lowest BCUT2D eigenvalue weighted by molar-refractivity contribution is 0.865. The van der Waals surface area contributed by atoms with Crippen LogP contribution in [0.25, 0.3) is 0 Å². The number of nitrogens with one attached hydrogen (secondary N) is 1. The number of rotatable bonds is 4. The van der Waals surface area contributed by atoms with Gasteiger partial charge in [-0.25, -0.2) is 0 Å². The summed E-state index contributed by atoms with van der Waals surface area (Å²) in [4.78, 5) is 0. The molecule has 0 radical (unpaired) electrons. The first-order valence-corrected chi connectivity index (χ1v) is 7.09. The van der Waals surface area contributed by atoms with E-state index >= 15 is 0 Å². The molecule has 0 aromatic heterocycles. The summed E-state index contributed by atoms with van der Waals surface area (Å²) in [6, 6.07) is 14.1. The molecule has 0 amide bonds. The summed E-state index contributed by atoms with van der Waals surface area (Å²) in [5.41, 5.74) is 3.49. The minimum Gasteiger partial charge on any atom is -0.380 e. The molecule has 1 nitrogen and oxygen atoms in total. The summed E-state index contributed by atoms with van der Waals surface area (Å²) in [5.74, 6) is 0.563. The second-order valence-electron chi connectivity index (χ2n) is 4.87. The van der Waals surface area contributed by atoms with Crippen molar-refractivity contribution in [3.05, 3.63) is 63.6 Å². The highest BCUT2D eigenvalue weighted by Gasteiger charge is 2.02. The van der Waals surface area contributed by atoms with Gasteiger partial charge in [-0.15, -0.1) is 0 Å². The fraction of sp³-hybridized carbons (Fsp3) is 0.250. The number of anilines is 1. The molecule has 2 aromatic carbocycles. The summed E-state index contributed by atoms with van der Waals surface area (Å²) in [5, 5.41) is 4.61. The zero-order valence-electron chi connectivity index (χ0n) is 11.1. The molecule has 0 aliphatic heterocycles. The third-order valence-electron chi connectivity index (χ3n) is 3.06. The molecule has 0 atom stereocenters. The van der Waals surface area contributed by atoms with Crippen LogP contribution in [0.5, 0.6) is 0 Å². The molecule has 0 spiro atoms. The summed E-state index contributed by atoms with van der Waals surface area (Å²) in [6.07, 6.45) is 0. The first kappa shape index (κ1) is 14.2. The summed E-state index contributed by atoms with van der Waals surface area (Å²) >= 11 is 12.0. The maximum Gasteiger partial charge on any atom is 0.0652 e. The van der Waals surface area contributed by atoms with E-state index in [9.17, 15) is 0 Å². The van der Waals surface area contributed by atoms with Crippen molar-refractivity contribution in [1.82, 2.24) is 0 Å². The number of hydrogen-bond acceptors (Lipinski definition) is 1. The van der Waals surface area contributed by atoms with Crippen LogP contribution in [0.3, 0.4) is 0 Å². The average molecular weight is 294 g/mol. The molecular weight excluding hydrogens is 277 g/mol. The minimum absolute atomic E-state index is 0.563. The van der Waals surface area contributed by atoms with Crippen LogP contribution in [-0.4, -0.2) is 0 Å². The van der Waals surface area contributed by atoms with Gasteiger partial charge < -0.3 is 5.32 Å². The second kappa shape index (κ2) is 6.31. The van der Waals surface area contributed by atoms with Gasteiger partial charge in [0.25, 0.3) is 0 Å². The Hall–Kier alpha value is -1.18. The van der Waals surface area contributed by atoms with E-state index in [1.807, 2.05) is 12.1 Å². The first-order chi connectivity index (χ1) is 9.06. The highest BCUT2D eigenvalue weighted by Crippen LogP contribution is 2.26. The molecule has 2 rings (SSSR count). The first-order valence-electron chi connectivity index (χ1n) is 6.34. The Morgan fingerprint density at radius 1 is 1.00 bits per heavy atom. The molecule has 19 heavy (non-hydrogen) atoms. The maximum atomic E-state index is 6.12. The Bertz CT molecular complexity index is 547. The van der Waals surface area contributed by atoms with Gasteiger partial charge in [0, 0.05) is 11.6 Å². The van der Waals surface area contributed by atoms with Crippen LogP contribution in [0.4, 0.5) is 5.69 Å². The zero-order valence-corrected chi connectivity index (χ0v) is 12.6. The standard InChI is InChI=1S/C16H17Cl2N/c1-11(2)13-5-3-12(4-6-13)10-19-16-8-7-14(17)9-15(16)18/h3-9,11,19H,10H2,1-2H3. The van der Waals surface area contributed by atoms with Crippen molar-refractivity contribution >= 4 is 28.9 Å². The predicted molar refractivity (Wildman–Crippen MR) is 84.3 cm³/mol. The van der Waals surface area contributed by atoms with Crippen LogP contribution in [0.15, 0.2) is 42.5 Å². The van der Waals surface area contributed by atoms with E-state index in [1.54, 1.807) is 6.07 Å². The van der Waals surface area contributed by atoms with Crippen molar-refractivity contribution in [2.45, 2.75) is 26.3 Å². The van der Waals surface area contributed by atoms with Gasteiger partial charge in [0.2, 0.25) is 0 Å². The molecule has 2 aromatic rings. The minimum atomic E-state index is 0.563. The number of halogens is 2. The normalized spacial score (nSPS) is 10.8. The summed E-state index contributed by atoms with van der Waals surface area (Å²) < 4.78 is 0. The molecule has 0 saturated carbocycles. The molecule has 3 heteroatoms. The molecule has 0 bridgehead atoms. The average Bonchev–Trinajstić information content (AvgIpc) is 2.38. The molecule has 0 heterocycles. The van der Waals surface area contributed by atoms with Crippen molar-refractivity contribution in [2.24, 2.45) is 0 Å². The SMILES string of the molecule is CC(C)c1ccc(CNc2ccc(Cl)cc2Cl)cc1. The van der Waals surface area contributed by atoms with Gasteiger partial charge in [0.1, 0.15) is 0 Å². The van der Waals surface area contributed by atoms with E-state index in [-0.39, 0.29) is 0 Å². The maximum absolute atomic E-state index is 6.12. The van der Waals surface area contributed by atoms with Gasteiger partial charge in [-0.05, 0) is 35.2 Å². The smallest absolute Gasteiger partial charge is 0.0652 e. The van der Waals surface area contributed by atoms with Gasteiger partial charge in [0.15, 0.2) is 0 Å². The van der Waals surface area contributed by atoms with E-state index in [0.29, 0.717) is 16.0 Å². The van der Waals surface area contributed by atoms with Crippen LogP contribution in [-0.2, 0) is 6.54 Å². The Labute approximate surface area is 124 Å². The quantitative estimate of drug-likeness (QED) is 0.759. The molecule has 100 valence electrons. The molecule has 0 unspecified atom stereocenters. The zero-order chi connectivity index (χ0) is 13.8. The van der Waals surface area contributed by atoms with Gasteiger partial charge in [0.05, 0.1) is 10.7 Å². The van der Waals surface area contributed by atoms with Crippen LogP contribution in [0, 0.1) is 0 Å². The van der Waals surface area contributed by atoms with Crippen LogP contribution < -0.4 is 5.32 Å². The highest BCUT2D eigenvalue weighted by molar-refractivity contribution is 6.36. The van der Waals surface area contributed by atoms with Crippen LogP contribution in [0.2, 0.25) is 10.0 Å². The Morgan fingerprint density at radius 3 is 2.26 bits per heavy atom. The van der Waals surface area contributed by atoms with E-state index in [4.69, 9.17) is 23.2 Å². The van der Waals surface area contributed by atoms with Crippen molar-refractivity contribution in [2.75, 3.05) is 5.32 Å². The van der Waals surface area contributed by atoms with Gasteiger partial charge >= 0.3 is 0 Å². The third kappa shape index (κ3) is 3.89. The molecule has 0 saturated heterocycles. The fourth-order valence-electron chi connectivity index (χ4n) is 1.85. The lowest BCUT2D eigenvalue weighted by Gasteiger charge is -2.10. The van der Waals surface area contributed by atoms with E-state index in [1.165, 1.54) is 11.1 Å². The summed E-state index contributed by atoms with van der Waals surface area (Å²) in [7, 11) is 0. The molecule has 0 aliphatic rings. The Kier molecular flexibility index (Phi) is 4.73. The number of hydrogen-bond donors (Lipinski definition) is 1. The monoisotopic (exact) mass is 293 g/mol. The third-order valence-corrected chi connectivity index (χ3v) is 3.61. The highest BCUT2D eigenvalue weighted by atomic mass is 35.5. The number of benzene rings is 2. The van der Waals surface area contributed by atoms with Crippen molar-refractivity contribution < 1.29 is 0 Å². The van der Waals surface area contributed by atoms with Crippen LogP contribution in [0.1, 0.15) is 30.9 Å². The largest absolute Gasteiger partial charge is 0.380 e. The van der Waals surface area contributed by atoms with Crippen molar-refractivity contribution in [3.8, 4) is 0 Å². The fourth-order valence-corrected chi connectivity index (χ4v) is 2.33. The Balaban J connectivity index is 2.02. The van der Waals surface area contributed by atoms with E-state index < -0.39 is 0 Å².